The fourth-order valence-electron chi connectivity index (χ4n) is 3.28. The van der Waals surface area contributed by atoms with Gasteiger partial charge in [-0.1, -0.05) is 6.07 Å². The molecule has 1 fully saturated rings. The molecule has 0 unspecified atom stereocenters. The summed E-state index contributed by atoms with van der Waals surface area (Å²) in [6.07, 6.45) is 4.49. The molecule has 1 aromatic carbocycles. The van der Waals surface area contributed by atoms with Gasteiger partial charge in [0.1, 0.15) is 25.1 Å². The van der Waals surface area contributed by atoms with Crippen molar-refractivity contribution in [3.05, 3.63) is 42.0 Å². The van der Waals surface area contributed by atoms with Gasteiger partial charge in [0, 0.05) is 26.0 Å². The number of ether oxygens (including phenoxy) is 3. The summed E-state index contributed by atoms with van der Waals surface area (Å²) in [7, 11) is 1.93. The molecule has 1 N–H and O–H groups in total. The number of nitrogens with zero attached hydrogens (tertiary/aromatic N) is 2. The lowest BCUT2D eigenvalue weighted by atomic mass is 10.1. The van der Waals surface area contributed by atoms with Crippen molar-refractivity contribution < 1.29 is 19.0 Å². The Morgan fingerprint density at radius 1 is 1.28 bits per heavy atom. The molecule has 0 radical (unpaired) electrons. The number of hydrogen-bond donors (Lipinski definition) is 1. The number of hydrogen-bond acceptors (Lipinski definition) is 5. The standard InChI is InChI=1S/C18H21N3O4/c1-21-6-5-19-18(21)17-13(4-7-25-17)20-16(22)11-12-2-3-14-15(10-12)24-9-8-23-14/h2-3,5-6,10,13,17H,4,7-9,11H2,1H3,(H,20,22)/t13-,17-/m0/s1. The Bertz CT molecular complexity index is 773. The van der Waals surface area contributed by atoms with Crippen molar-refractivity contribution in [1.82, 2.24) is 14.9 Å². The molecule has 0 bridgehead atoms. The second-order valence-corrected chi connectivity index (χ2v) is 6.31. The number of carbonyl (C=O) groups is 1. The minimum atomic E-state index is -0.204. The number of rotatable bonds is 4. The molecule has 7 heteroatoms. The Balaban J connectivity index is 1.41. The predicted molar refractivity (Wildman–Crippen MR) is 89.6 cm³/mol. The van der Waals surface area contributed by atoms with Crippen LogP contribution < -0.4 is 14.8 Å². The Labute approximate surface area is 145 Å². The molecule has 25 heavy (non-hydrogen) atoms. The van der Waals surface area contributed by atoms with Gasteiger partial charge in [0.15, 0.2) is 11.5 Å². The maximum atomic E-state index is 12.5. The molecule has 2 aromatic rings. The van der Waals surface area contributed by atoms with Gasteiger partial charge in [-0.3, -0.25) is 4.79 Å². The molecule has 1 saturated heterocycles. The van der Waals surface area contributed by atoms with Gasteiger partial charge in [-0.2, -0.15) is 0 Å². The molecule has 7 nitrogen and oxygen atoms in total. The van der Waals surface area contributed by atoms with Gasteiger partial charge in [-0.15, -0.1) is 0 Å². The second-order valence-electron chi connectivity index (χ2n) is 6.31. The maximum absolute atomic E-state index is 12.5. The maximum Gasteiger partial charge on any atom is 0.224 e. The van der Waals surface area contributed by atoms with E-state index < -0.39 is 0 Å². The van der Waals surface area contributed by atoms with Gasteiger partial charge in [0.05, 0.1) is 12.5 Å². The van der Waals surface area contributed by atoms with E-state index in [0.29, 0.717) is 32.0 Å². The number of nitrogens with one attached hydrogen (secondary N) is 1. The van der Waals surface area contributed by atoms with Crippen molar-refractivity contribution in [2.45, 2.75) is 25.0 Å². The molecule has 4 rings (SSSR count). The van der Waals surface area contributed by atoms with E-state index >= 15 is 0 Å². The van der Waals surface area contributed by atoms with Crippen LogP contribution in [-0.4, -0.2) is 41.3 Å². The fourth-order valence-corrected chi connectivity index (χ4v) is 3.28. The lowest BCUT2D eigenvalue weighted by Crippen LogP contribution is -2.38. The SMILES string of the molecule is Cn1ccnc1[C@H]1OCC[C@@H]1NC(=O)Cc1ccc2c(c1)OCCO2. The summed E-state index contributed by atoms with van der Waals surface area (Å²) in [5.74, 6) is 2.23. The molecule has 1 amide bonds. The zero-order chi connectivity index (χ0) is 17.2. The quantitative estimate of drug-likeness (QED) is 0.908. The summed E-state index contributed by atoms with van der Waals surface area (Å²) in [4.78, 5) is 16.8. The first-order valence-electron chi connectivity index (χ1n) is 8.47. The van der Waals surface area contributed by atoms with Crippen LogP contribution in [0.15, 0.2) is 30.6 Å². The van der Waals surface area contributed by atoms with E-state index in [2.05, 4.69) is 10.3 Å². The molecule has 2 aliphatic rings. The van der Waals surface area contributed by atoms with Gasteiger partial charge in [-0.05, 0) is 24.1 Å². The number of aromatic nitrogens is 2. The van der Waals surface area contributed by atoms with Crippen molar-refractivity contribution in [3.8, 4) is 11.5 Å². The first-order valence-corrected chi connectivity index (χ1v) is 8.47. The van der Waals surface area contributed by atoms with E-state index in [-0.39, 0.29) is 18.1 Å². The van der Waals surface area contributed by atoms with E-state index in [1.165, 1.54) is 0 Å². The Morgan fingerprint density at radius 2 is 2.12 bits per heavy atom. The van der Waals surface area contributed by atoms with E-state index in [9.17, 15) is 4.79 Å². The first-order chi connectivity index (χ1) is 12.2. The fraction of sp³-hybridized carbons (Fsp3) is 0.444. The third-order valence-corrected chi connectivity index (χ3v) is 4.52. The second kappa shape index (κ2) is 6.76. The van der Waals surface area contributed by atoms with Gasteiger partial charge in [0.2, 0.25) is 5.91 Å². The highest BCUT2D eigenvalue weighted by Gasteiger charge is 2.33. The van der Waals surface area contributed by atoms with Crippen LogP contribution >= 0.6 is 0 Å². The molecule has 0 saturated carbocycles. The van der Waals surface area contributed by atoms with Gasteiger partial charge < -0.3 is 24.1 Å². The number of carbonyl (C=O) groups excluding carboxylic acids is 1. The van der Waals surface area contributed by atoms with Crippen molar-refractivity contribution in [3.63, 3.8) is 0 Å². The minimum Gasteiger partial charge on any atom is -0.486 e. The number of imidazole rings is 1. The van der Waals surface area contributed by atoms with Crippen LogP contribution in [0.5, 0.6) is 11.5 Å². The predicted octanol–water partition coefficient (Wildman–Crippen LogP) is 1.38. The summed E-state index contributed by atoms with van der Waals surface area (Å²) in [5.41, 5.74) is 0.897. The highest BCUT2D eigenvalue weighted by atomic mass is 16.6. The van der Waals surface area contributed by atoms with Crippen LogP contribution in [0.25, 0.3) is 0 Å². The van der Waals surface area contributed by atoms with Crippen molar-refractivity contribution >= 4 is 5.91 Å². The summed E-state index contributed by atoms with van der Waals surface area (Å²) in [6.45, 7) is 1.71. The highest BCUT2D eigenvalue weighted by Crippen LogP contribution is 2.31. The topological polar surface area (TPSA) is 74.6 Å². The molecular weight excluding hydrogens is 322 g/mol. The Hall–Kier alpha value is -2.54. The van der Waals surface area contributed by atoms with E-state index in [1.54, 1.807) is 6.20 Å². The van der Waals surface area contributed by atoms with Crippen molar-refractivity contribution in [1.29, 1.82) is 0 Å². The molecular formula is C18H21N3O4. The van der Waals surface area contributed by atoms with Crippen LogP contribution in [0.1, 0.15) is 23.9 Å². The van der Waals surface area contributed by atoms with Crippen LogP contribution in [0.3, 0.4) is 0 Å². The molecule has 0 aliphatic carbocycles. The van der Waals surface area contributed by atoms with Gasteiger partial charge in [0.25, 0.3) is 0 Å². The molecule has 2 aliphatic heterocycles. The van der Waals surface area contributed by atoms with Crippen molar-refractivity contribution in [2.75, 3.05) is 19.8 Å². The summed E-state index contributed by atoms with van der Waals surface area (Å²) < 4.78 is 18.8. The van der Waals surface area contributed by atoms with Crippen LogP contribution in [0.2, 0.25) is 0 Å². The van der Waals surface area contributed by atoms with Crippen LogP contribution in [0, 0.1) is 0 Å². The number of benzene rings is 1. The highest BCUT2D eigenvalue weighted by molar-refractivity contribution is 5.79. The van der Waals surface area contributed by atoms with E-state index in [1.807, 2.05) is 36.0 Å². The van der Waals surface area contributed by atoms with Gasteiger partial charge >= 0.3 is 0 Å². The Morgan fingerprint density at radius 3 is 2.92 bits per heavy atom. The summed E-state index contributed by atoms with van der Waals surface area (Å²) in [5, 5.41) is 3.08. The lowest BCUT2D eigenvalue weighted by Gasteiger charge is -2.20. The average Bonchev–Trinajstić information content (AvgIpc) is 3.23. The number of fused-ring (bicyclic) bond motifs is 1. The normalized spacial score (nSPS) is 22.0. The van der Waals surface area contributed by atoms with E-state index in [4.69, 9.17) is 14.2 Å². The van der Waals surface area contributed by atoms with Crippen LogP contribution in [-0.2, 0) is 23.0 Å². The molecule has 132 valence electrons. The number of aryl methyl sites for hydroxylation is 1. The smallest absolute Gasteiger partial charge is 0.224 e. The Kier molecular flexibility index (Phi) is 4.31. The molecule has 1 aromatic heterocycles. The summed E-state index contributed by atoms with van der Waals surface area (Å²) in [6, 6.07) is 5.56. The van der Waals surface area contributed by atoms with Gasteiger partial charge in [-0.25, -0.2) is 4.98 Å². The van der Waals surface area contributed by atoms with Crippen LogP contribution in [0.4, 0.5) is 0 Å². The third kappa shape index (κ3) is 3.32. The zero-order valence-electron chi connectivity index (χ0n) is 14.1. The van der Waals surface area contributed by atoms with E-state index in [0.717, 1.165) is 23.6 Å². The summed E-state index contributed by atoms with van der Waals surface area (Å²) >= 11 is 0. The average molecular weight is 343 g/mol. The molecule has 2 atom stereocenters. The molecule has 3 heterocycles. The monoisotopic (exact) mass is 343 g/mol. The largest absolute Gasteiger partial charge is 0.486 e. The lowest BCUT2D eigenvalue weighted by molar-refractivity contribution is -0.121. The number of amides is 1. The third-order valence-electron chi connectivity index (χ3n) is 4.52. The first kappa shape index (κ1) is 16.0. The minimum absolute atomic E-state index is 0.0358. The van der Waals surface area contributed by atoms with Crippen molar-refractivity contribution in [2.24, 2.45) is 7.05 Å². The zero-order valence-corrected chi connectivity index (χ0v) is 14.1. The molecule has 0 spiro atoms.